The summed E-state index contributed by atoms with van der Waals surface area (Å²) >= 11 is 0. The van der Waals surface area contributed by atoms with Crippen molar-refractivity contribution in [1.82, 2.24) is 0 Å². The molecule has 1 aliphatic rings. The number of hydrogen-bond acceptors (Lipinski definition) is 2. The molecule has 1 unspecified atom stereocenters. The minimum atomic E-state index is 0.192. The van der Waals surface area contributed by atoms with E-state index in [4.69, 9.17) is 8.83 Å². The third-order valence-corrected chi connectivity index (χ3v) is 14.1. The van der Waals surface area contributed by atoms with Gasteiger partial charge in [-0.3, -0.25) is 0 Å². The van der Waals surface area contributed by atoms with Gasteiger partial charge in [-0.2, -0.15) is 0 Å². The van der Waals surface area contributed by atoms with Gasteiger partial charge in [0.25, 0.3) is 0 Å². The molecule has 0 aliphatic heterocycles. The lowest BCUT2D eigenvalue weighted by molar-refractivity contribution is 0.672. The first-order chi connectivity index (χ1) is 32.7. The van der Waals surface area contributed by atoms with Crippen molar-refractivity contribution >= 4 is 87.3 Å². The Kier molecular flexibility index (Phi) is 8.14. The smallest absolute Gasteiger partial charge is 0.143 e. The van der Waals surface area contributed by atoms with Crippen LogP contribution < -0.4 is 0 Å². The molecule has 66 heavy (non-hydrogen) atoms. The summed E-state index contributed by atoms with van der Waals surface area (Å²) in [5.41, 5.74) is 16.9. The molecular weight excluding hydrogens is 801 g/mol. The number of allylic oxidation sites excluding steroid dienone is 4. The van der Waals surface area contributed by atoms with Crippen LogP contribution in [-0.2, 0) is 0 Å². The lowest BCUT2D eigenvalue weighted by atomic mass is 9.78. The second-order valence-electron chi connectivity index (χ2n) is 17.9. The average Bonchev–Trinajstić information content (AvgIpc) is 3.97. The van der Waals surface area contributed by atoms with E-state index < -0.39 is 0 Å². The number of fused-ring (bicyclic) bond motifs is 8. The summed E-state index contributed by atoms with van der Waals surface area (Å²) < 4.78 is 14.0. The second-order valence-corrected chi connectivity index (χ2v) is 17.9. The first kappa shape index (κ1) is 37.0. The highest BCUT2D eigenvalue weighted by atomic mass is 16.3. The van der Waals surface area contributed by atoms with E-state index in [0.29, 0.717) is 0 Å². The third-order valence-electron chi connectivity index (χ3n) is 14.1. The summed E-state index contributed by atoms with van der Waals surface area (Å²) in [6.45, 7) is 0. The zero-order valence-electron chi connectivity index (χ0n) is 36.0. The Morgan fingerprint density at radius 2 is 0.788 bits per heavy atom. The molecule has 1 aliphatic carbocycles. The third kappa shape index (κ3) is 5.75. The Hall–Kier alpha value is -8.46. The van der Waals surface area contributed by atoms with Gasteiger partial charge in [0, 0.05) is 49.0 Å². The molecule has 1 atom stereocenters. The molecule has 0 N–H and O–H groups in total. The summed E-state index contributed by atoms with van der Waals surface area (Å²) in [5, 5.41) is 11.5. The van der Waals surface area contributed by atoms with Gasteiger partial charge in [-0.25, -0.2) is 0 Å². The molecule has 0 saturated heterocycles. The zero-order chi connectivity index (χ0) is 43.3. The minimum Gasteiger partial charge on any atom is -0.455 e. The van der Waals surface area contributed by atoms with Gasteiger partial charge in [-0.05, 0) is 133 Å². The van der Waals surface area contributed by atoms with Gasteiger partial charge >= 0.3 is 0 Å². The van der Waals surface area contributed by atoms with E-state index in [-0.39, 0.29) is 5.92 Å². The predicted molar refractivity (Wildman–Crippen MR) is 277 cm³/mol. The molecule has 2 nitrogen and oxygen atoms in total. The van der Waals surface area contributed by atoms with Crippen LogP contribution in [0.1, 0.15) is 29.0 Å². The summed E-state index contributed by atoms with van der Waals surface area (Å²) in [5.74, 6) is 0.192. The van der Waals surface area contributed by atoms with Crippen LogP contribution in [0.4, 0.5) is 0 Å². The maximum Gasteiger partial charge on any atom is 0.143 e. The molecule has 13 aromatic rings. The SMILES string of the molecule is C1=C(c2ccccc2)C=C(c2cc3c4oc5ccccc5c4cc4c(-c5cc(-c6ccccc6)cc(-c6ccccc6)c5)cc5c6oc7ccccc7c6cc2c5c43)CC1c1ccccc1. The fraction of sp³-hybridized carbons (Fsp3) is 0.0312. The van der Waals surface area contributed by atoms with Crippen LogP contribution in [-0.4, -0.2) is 0 Å². The van der Waals surface area contributed by atoms with Gasteiger partial charge in [0.05, 0.1) is 0 Å². The molecule has 0 amide bonds. The zero-order valence-corrected chi connectivity index (χ0v) is 36.0. The van der Waals surface area contributed by atoms with Crippen molar-refractivity contribution < 1.29 is 8.83 Å². The molecule has 14 rings (SSSR count). The Labute approximate surface area is 381 Å². The van der Waals surface area contributed by atoms with Crippen molar-refractivity contribution in [2.24, 2.45) is 0 Å². The van der Waals surface area contributed by atoms with Gasteiger partial charge in [0.1, 0.15) is 22.3 Å². The highest BCUT2D eigenvalue weighted by Crippen LogP contribution is 2.52. The number of rotatable bonds is 6. The Balaban J connectivity index is 1.15. The number of para-hydroxylation sites is 2. The van der Waals surface area contributed by atoms with Gasteiger partial charge < -0.3 is 8.83 Å². The summed E-state index contributed by atoms with van der Waals surface area (Å²) in [4.78, 5) is 0. The van der Waals surface area contributed by atoms with E-state index in [0.717, 1.165) is 72.2 Å². The lowest BCUT2D eigenvalue weighted by Gasteiger charge is -2.25. The summed E-state index contributed by atoms with van der Waals surface area (Å²) in [7, 11) is 0. The van der Waals surface area contributed by atoms with E-state index in [1.165, 1.54) is 71.6 Å². The van der Waals surface area contributed by atoms with Crippen LogP contribution in [0.5, 0.6) is 0 Å². The monoisotopic (exact) mass is 840 g/mol. The van der Waals surface area contributed by atoms with Gasteiger partial charge in [-0.15, -0.1) is 0 Å². The van der Waals surface area contributed by atoms with E-state index in [1.54, 1.807) is 0 Å². The molecule has 2 heterocycles. The molecule has 0 fully saturated rings. The standard InChI is InChI=1S/C64H40O2/c1-5-17-39(18-6-1)43-29-44(40-19-7-2-8-20-40)32-47(31-43)51-35-57-62-54(38-56-50-26-14-16-28-60(50)65-63(56)57)52(36-58-61(62)53(51)37-55-49-25-13-15-27-59(49)66-64(55)58)48-33-45(41-21-9-3-10-22-41)30-46(34-48)42-23-11-4-12-24-42/h1-33,35-38,46H,34H2. The lowest BCUT2D eigenvalue weighted by Crippen LogP contribution is -2.04. The van der Waals surface area contributed by atoms with Crippen molar-refractivity contribution in [3.63, 3.8) is 0 Å². The van der Waals surface area contributed by atoms with Crippen LogP contribution in [0.3, 0.4) is 0 Å². The van der Waals surface area contributed by atoms with Gasteiger partial charge in [0.2, 0.25) is 0 Å². The van der Waals surface area contributed by atoms with Gasteiger partial charge in [0.15, 0.2) is 0 Å². The molecule has 0 spiro atoms. The molecule has 2 aromatic heterocycles. The fourth-order valence-electron chi connectivity index (χ4n) is 11.1. The summed E-state index contributed by atoms with van der Waals surface area (Å²) in [6, 6.07) is 77.1. The summed E-state index contributed by atoms with van der Waals surface area (Å²) in [6.07, 6.45) is 5.77. The Bertz CT molecular complexity index is 4030. The van der Waals surface area contributed by atoms with Crippen molar-refractivity contribution in [1.29, 1.82) is 0 Å². The Morgan fingerprint density at radius 1 is 0.333 bits per heavy atom. The molecule has 0 radical (unpaired) electrons. The molecule has 308 valence electrons. The predicted octanol–water partition coefficient (Wildman–Crippen LogP) is 18.0. The number of hydrogen-bond donors (Lipinski definition) is 0. The van der Waals surface area contributed by atoms with Crippen LogP contribution in [0.15, 0.2) is 233 Å². The average molecular weight is 841 g/mol. The van der Waals surface area contributed by atoms with E-state index in [1.807, 2.05) is 0 Å². The first-order valence-corrected chi connectivity index (χ1v) is 22.9. The molecular formula is C64H40O2. The van der Waals surface area contributed by atoms with Crippen molar-refractivity contribution in [2.75, 3.05) is 0 Å². The van der Waals surface area contributed by atoms with Crippen molar-refractivity contribution in [2.45, 2.75) is 12.3 Å². The minimum absolute atomic E-state index is 0.192. The van der Waals surface area contributed by atoms with E-state index >= 15 is 0 Å². The highest BCUT2D eigenvalue weighted by Gasteiger charge is 2.27. The van der Waals surface area contributed by atoms with Crippen LogP contribution in [0.25, 0.3) is 121 Å². The second kappa shape index (κ2) is 14.5. The van der Waals surface area contributed by atoms with E-state index in [2.05, 4.69) is 224 Å². The topological polar surface area (TPSA) is 26.3 Å². The van der Waals surface area contributed by atoms with Crippen molar-refractivity contribution in [3.8, 4) is 33.4 Å². The Morgan fingerprint density at radius 3 is 1.35 bits per heavy atom. The molecule has 2 heteroatoms. The van der Waals surface area contributed by atoms with Crippen LogP contribution in [0, 0.1) is 0 Å². The maximum atomic E-state index is 7.01. The maximum absolute atomic E-state index is 7.01. The quantitative estimate of drug-likeness (QED) is 0.156. The number of furan rings is 2. The molecule has 0 saturated carbocycles. The molecule has 0 bridgehead atoms. The molecule has 11 aromatic carbocycles. The fourth-order valence-corrected chi connectivity index (χ4v) is 11.1. The van der Waals surface area contributed by atoms with E-state index in [9.17, 15) is 0 Å². The largest absolute Gasteiger partial charge is 0.455 e. The van der Waals surface area contributed by atoms with Crippen LogP contribution >= 0.6 is 0 Å². The first-order valence-electron chi connectivity index (χ1n) is 22.9. The van der Waals surface area contributed by atoms with Crippen LogP contribution in [0.2, 0.25) is 0 Å². The number of benzene rings is 11. The van der Waals surface area contributed by atoms with Gasteiger partial charge in [-0.1, -0.05) is 170 Å². The van der Waals surface area contributed by atoms with Crippen molar-refractivity contribution in [3.05, 3.63) is 241 Å². The highest BCUT2D eigenvalue weighted by molar-refractivity contribution is 6.38. The normalized spacial score (nSPS) is 14.3.